The van der Waals surface area contributed by atoms with Gasteiger partial charge < -0.3 is 9.84 Å². The fourth-order valence-electron chi connectivity index (χ4n) is 2.60. The largest absolute Gasteiger partial charge is 0.503 e. The van der Waals surface area contributed by atoms with E-state index in [1.54, 1.807) is 11.8 Å². The van der Waals surface area contributed by atoms with E-state index >= 15 is 0 Å². The molecule has 2 aromatic heterocycles. The van der Waals surface area contributed by atoms with Gasteiger partial charge in [0, 0.05) is 22.1 Å². The number of nitrogens with one attached hydrogen (secondary N) is 1. The van der Waals surface area contributed by atoms with E-state index in [-0.39, 0.29) is 17.2 Å². The highest BCUT2D eigenvalue weighted by molar-refractivity contribution is 7.99. The second kappa shape index (κ2) is 8.28. The van der Waals surface area contributed by atoms with Gasteiger partial charge in [0.2, 0.25) is 0 Å². The van der Waals surface area contributed by atoms with E-state index in [4.69, 9.17) is 16.3 Å². The van der Waals surface area contributed by atoms with Crippen molar-refractivity contribution in [3.05, 3.63) is 65.4 Å². The van der Waals surface area contributed by atoms with Gasteiger partial charge in [-0.05, 0) is 30.3 Å². The fraction of sp³-hybridized carbons (Fsp3) is 0.0500. The molecule has 0 spiro atoms. The lowest BCUT2D eigenvalue weighted by molar-refractivity contribution is 0.101. The van der Waals surface area contributed by atoms with E-state index in [0.717, 1.165) is 20.0 Å². The second-order valence-electron chi connectivity index (χ2n) is 5.85. The van der Waals surface area contributed by atoms with Crippen LogP contribution in [0.5, 0.6) is 11.5 Å². The highest BCUT2D eigenvalue weighted by atomic mass is 35.5. The first-order valence-electron chi connectivity index (χ1n) is 8.41. The van der Waals surface area contributed by atoms with Gasteiger partial charge in [0.1, 0.15) is 0 Å². The number of ether oxygens (including phenoxy) is 1. The molecule has 0 unspecified atom stereocenters. The molecule has 0 aliphatic rings. The highest BCUT2D eigenvalue weighted by Gasteiger charge is 2.18. The van der Waals surface area contributed by atoms with Crippen molar-refractivity contribution in [2.75, 3.05) is 12.4 Å². The van der Waals surface area contributed by atoms with Crippen LogP contribution in [0.3, 0.4) is 0 Å². The third kappa shape index (κ3) is 4.14. The normalized spacial score (nSPS) is 10.8. The van der Waals surface area contributed by atoms with Gasteiger partial charge >= 0.3 is 0 Å². The number of benzene rings is 2. The summed E-state index contributed by atoms with van der Waals surface area (Å²) in [5.74, 6) is -0.700. The fourth-order valence-corrected chi connectivity index (χ4v) is 4.71. The summed E-state index contributed by atoms with van der Waals surface area (Å²) in [7, 11) is 1.41. The topological polar surface area (TPSA) is 84.3 Å². The third-order valence-electron chi connectivity index (χ3n) is 3.97. The lowest BCUT2D eigenvalue weighted by atomic mass is 10.3. The van der Waals surface area contributed by atoms with Crippen LogP contribution in [0.1, 0.15) is 10.5 Å². The maximum Gasteiger partial charge on any atom is 0.280 e. The Bertz CT molecular complexity index is 1210. The van der Waals surface area contributed by atoms with E-state index in [1.807, 2.05) is 42.5 Å². The van der Waals surface area contributed by atoms with Gasteiger partial charge in [-0.2, -0.15) is 0 Å². The Morgan fingerprint density at radius 3 is 2.86 bits per heavy atom. The molecule has 29 heavy (non-hydrogen) atoms. The highest BCUT2D eigenvalue weighted by Crippen LogP contribution is 2.36. The Kier molecular flexibility index (Phi) is 5.57. The molecule has 2 aromatic carbocycles. The molecule has 0 saturated carbocycles. The number of fused-ring (bicyclic) bond motifs is 1. The number of aromatic nitrogens is 2. The Labute approximate surface area is 179 Å². The third-order valence-corrected chi connectivity index (χ3v) is 6.41. The first-order chi connectivity index (χ1) is 14.0. The van der Waals surface area contributed by atoms with Crippen LogP contribution in [-0.4, -0.2) is 28.1 Å². The van der Waals surface area contributed by atoms with Gasteiger partial charge in [-0.1, -0.05) is 46.8 Å². The first kappa shape index (κ1) is 19.5. The van der Waals surface area contributed by atoms with E-state index in [9.17, 15) is 9.90 Å². The number of thiazole rings is 1. The van der Waals surface area contributed by atoms with E-state index in [2.05, 4.69) is 15.3 Å². The molecule has 0 saturated heterocycles. The second-order valence-corrected chi connectivity index (χ2v) is 8.40. The molecular formula is C20H14ClN3O3S2. The molecule has 2 heterocycles. The summed E-state index contributed by atoms with van der Waals surface area (Å²) >= 11 is 9.13. The average molecular weight is 444 g/mol. The van der Waals surface area contributed by atoms with E-state index < -0.39 is 5.91 Å². The molecule has 146 valence electrons. The van der Waals surface area contributed by atoms with Crippen molar-refractivity contribution in [2.24, 2.45) is 0 Å². The van der Waals surface area contributed by atoms with Crippen LogP contribution in [0.2, 0.25) is 5.02 Å². The quantitative estimate of drug-likeness (QED) is 0.426. The average Bonchev–Trinajstić information content (AvgIpc) is 3.11. The number of aromatic hydroxyl groups is 1. The molecule has 6 nitrogen and oxygen atoms in total. The zero-order chi connectivity index (χ0) is 20.4. The molecule has 9 heteroatoms. The number of anilines is 1. The van der Waals surface area contributed by atoms with Crippen molar-refractivity contribution in [1.29, 1.82) is 0 Å². The van der Waals surface area contributed by atoms with Crippen LogP contribution in [0, 0.1) is 0 Å². The number of halogens is 1. The first-order valence-corrected chi connectivity index (χ1v) is 10.4. The summed E-state index contributed by atoms with van der Waals surface area (Å²) < 4.78 is 5.93. The molecular weight excluding hydrogens is 430 g/mol. The summed E-state index contributed by atoms with van der Waals surface area (Å²) in [6.45, 7) is 0. The molecule has 1 amide bonds. The zero-order valence-electron chi connectivity index (χ0n) is 15.0. The van der Waals surface area contributed by atoms with Crippen molar-refractivity contribution in [2.45, 2.75) is 9.79 Å². The number of nitrogens with zero attached hydrogens (tertiary/aromatic N) is 2. The van der Waals surface area contributed by atoms with Crippen molar-refractivity contribution < 1.29 is 14.6 Å². The number of rotatable bonds is 5. The zero-order valence-corrected chi connectivity index (χ0v) is 17.4. The Morgan fingerprint density at radius 2 is 2.07 bits per heavy atom. The number of pyridine rings is 1. The Balaban J connectivity index is 1.56. The SMILES string of the molecule is COc1ccnc(C(=O)Nc2nc3ccc(Sc4ccccc4Cl)cc3s2)c1O. The van der Waals surface area contributed by atoms with Crippen LogP contribution in [0.25, 0.3) is 10.2 Å². The number of carbonyl (C=O) groups is 1. The van der Waals surface area contributed by atoms with Crippen molar-refractivity contribution in [1.82, 2.24) is 9.97 Å². The predicted molar refractivity (Wildman–Crippen MR) is 116 cm³/mol. The smallest absolute Gasteiger partial charge is 0.280 e. The summed E-state index contributed by atoms with van der Waals surface area (Å²) in [5.41, 5.74) is 0.634. The van der Waals surface area contributed by atoms with Crippen molar-refractivity contribution in [3.63, 3.8) is 0 Å². The van der Waals surface area contributed by atoms with Crippen LogP contribution >= 0.6 is 34.7 Å². The van der Waals surface area contributed by atoms with Gasteiger partial charge in [0.05, 0.1) is 22.3 Å². The molecule has 0 aliphatic heterocycles. The maximum atomic E-state index is 12.5. The minimum Gasteiger partial charge on any atom is -0.503 e. The Morgan fingerprint density at radius 1 is 1.24 bits per heavy atom. The lowest BCUT2D eigenvalue weighted by Gasteiger charge is -2.06. The van der Waals surface area contributed by atoms with E-state index in [0.29, 0.717) is 10.2 Å². The van der Waals surface area contributed by atoms with E-state index in [1.165, 1.54) is 30.7 Å². The van der Waals surface area contributed by atoms with Crippen molar-refractivity contribution >= 4 is 56.0 Å². The van der Waals surface area contributed by atoms with Crippen LogP contribution in [0.15, 0.2) is 64.5 Å². The molecule has 0 radical (unpaired) electrons. The van der Waals surface area contributed by atoms with Gasteiger partial charge in [0.15, 0.2) is 22.3 Å². The van der Waals surface area contributed by atoms with Gasteiger partial charge in [-0.15, -0.1) is 0 Å². The number of amides is 1. The molecule has 0 aliphatic carbocycles. The van der Waals surface area contributed by atoms with Gasteiger partial charge in [-0.3, -0.25) is 10.1 Å². The lowest BCUT2D eigenvalue weighted by Crippen LogP contribution is -2.13. The molecule has 0 fully saturated rings. The molecule has 0 atom stereocenters. The summed E-state index contributed by atoms with van der Waals surface area (Å²) in [4.78, 5) is 22.8. The molecule has 4 rings (SSSR count). The maximum absolute atomic E-state index is 12.5. The standard InChI is InChI=1S/C20H14ClN3O3S2/c1-27-14-8-9-22-17(18(14)25)19(26)24-20-23-13-7-6-11(10-16(13)29-20)28-15-5-3-2-4-12(15)21/h2-10,25H,1H3,(H,23,24,26). The predicted octanol–water partition coefficient (Wildman–Crippen LogP) is 5.46. The van der Waals surface area contributed by atoms with Crippen LogP contribution in [0.4, 0.5) is 5.13 Å². The van der Waals surface area contributed by atoms with Crippen LogP contribution < -0.4 is 10.1 Å². The number of carbonyl (C=O) groups excluding carboxylic acids is 1. The van der Waals surface area contributed by atoms with Gasteiger partial charge in [-0.25, -0.2) is 9.97 Å². The summed E-state index contributed by atoms with van der Waals surface area (Å²) in [5, 5.41) is 13.9. The minimum absolute atomic E-state index is 0.126. The Hall–Kier alpha value is -2.81. The molecule has 4 aromatic rings. The number of methoxy groups -OCH3 is 1. The monoisotopic (exact) mass is 443 g/mol. The number of hydrogen-bond donors (Lipinski definition) is 2. The van der Waals surface area contributed by atoms with Crippen molar-refractivity contribution in [3.8, 4) is 11.5 Å². The minimum atomic E-state index is -0.564. The van der Waals surface area contributed by atoms with Crippen LogP contribution in [-0.2, 0) is 0 Å². The summed E-state index contributed by atoms with van der Waals surface area (Å²) in [6, 6.07) is 15.0. The number of hydrogen-bond acceptors (Lipinski definition) is 7. The molecule has 0 bridgehead atoms. The summed E-state index contributed by atoms with van der Waals surface area (Å²) in [6.07, 6.45) is 1.39. The molecule has 2 N–H and O–H groups in total. The van der Waals surface area contributed by atoms with Gasteiger partial charge in [0.25, 0.3) is 5.91 Å².